The van der Waals surface area contributed by atoms with Crippen LogP contribution in [-0.4, -0.2) is 15.2 Å². The minimum atomic E-state index is -0.0702. The van der Waals surface area contributed by atoms with E-state index >= 15 is 0 Å². The molecular formula is C17H16N2O3. The Kier molecular flexibility index (Phi) is 4.46. The molecule has 0 radical (unpaired) electrons. The number of aliphatic hydroxyl groups excluding tert-OH is 1. The second kappa shape index (κ2) is 6.87. The summed E-state index contributed by atoms with van der Waals surface area (Å²) in [6, 6.07) is 17.3. The van der Waals surface area contributed by atoms with E-state index in [1.54, 1.807) is 6.07 Å². The molecular weight excluding hydrogens is 280 g/mol. The Labute approximate surface area is 128 Å². The van der Waals surface area contributed by atoms with Gasteiger partial charge < -0.3 is 14.4 Å². The zero-order valence-corrected chi connectivity index (χ0v) is 12.0. The summed E-state index contributed by atoms with van der Waals surface area (Å²) in [4.78, 5) is 4.31. The van der Waals surface area contributed by atoms with Crippen molar-refractivity contribution < 1.29 is 14.4 Å². The second-order valence-corrected chi connectivity index (χ2v) is 4.82. The van der Waals surface area contributed by atoms with Gasteiger partial charge in [-0.05, 0) is 11.6 Å². The van der Waals surface area contributed by atoms with E-state index in [9.17, 15) is 5.11 Å². The maximum absolute atomic E-state index is 9.25. The number of hydrogen-bond donors (Lipinski definition) is 1. The third kappa shape index (κ3) is 3.51. The minimum Gasteiger partial charge on any atom is -0.483 e. The van der Waals surface area contributed by atoms with Crippen molar-refractivity contribution in [3.63, 3.8) is 0 Å². The molecule has 2 aromatic carbocycles. The molecule has 3 rings (SSSR count). The van der Waals surface area contributed by atoms with Gasteiger partial charge in [-0.15, -0.1) is 0 Å². The fraction of sp³-hybridized carbons (Fsp3) is 0.176. The molecule has 0 aliphatic carbocycles. The molecule has 0 saturated carbocycles. The summed E-state index contributed by atoms with van der Waals surface area (Å²) in [5.41, 5.74) is 1.85. The summed E-state index contributed by atoms with van der Waals surface area (Å²) >= 11 is 0. The van der Waals surface area contributed by atoms with Gasteiger partial charge in [-0.3, -0.25) is 0 Å². The van der Waals surface area contributed by atoms with Gasteiger partial charge in [0, 0.05) is 12.0 Å². The number of ether oxygens (including phenoxy) is 1. The SMILES string of the molecule is OCc1ccccc1OCc1nc(Cc2ccccc2)no1. The van der Waals surface area contributed by atoms with Gasteiger partial charge >= 0.3 is 0 Å². The Morgan fingerprint density at radius 2 is 1.77 bits per heavy atom. The Hall–Kier alpha value is -2.66. The number of para-hydroxylation sites is 1. The van der Waals surface area contributed by atoms with Crippen molar-refractivity contribution in [2.24, 2.45) is 0 Å². The zero-order chi connectivity index (χ0) is 15.2. The molecule has 22 heavy (non-hydrogen) atoms. The fourth-order valence-electron chi connectivity index (χ4n) is 2.11. The van der Waals surface area contributed by atoms with Crippen molar-refractivity contribution in [2.75, 3.05) is 0 Å². The van der Waals surface area contributed by atoms with Gasteiger partial charge in [0.25, 0.3) is 5.89 Å². The van der Waals surface area contributed by atoms with Crippen LogP contribution >= 0.6 is 0 Å². The third-order valence-electron chi connectivity index (χ3n) is 3.21. The van der Waals surface area contributed by atoms with Gasteiger partial charge in [0.15, 0.2) is 12.4 Å². The van der Waals surface area contributed by atoms with Crippen molar-refractivity contribution in [2.45, 2.75) is 19.6 Å². The number of nitrogens with zero attached hydrogens (tertiary/aromatic N) is 2. The predicted octanol–water partition coefficient (Wildman–Crippen LogP) is 2.73. The van der Waals surface area contributed by atoms with Crippen LogP contribution in [0.1, 0.15) is 22.8 Å². The predicted molar refractivity (Wildman–Crippen MR) is 80.2 cm³/mol. The number of rotatable bonds is 6. The van der Waals surface area contributed by atoms with Gasteiger partial charge in [-0.2, -0.15) is 4.98 Å². The molecule has 5 nitrogen and oxygen atoms in total. The van der Waals surface area contributed by atoms with Crippen molar-refractivity contribution in [1.82, 2.24) is 10.1 Å². The molecule has 0 amide bonds. The smallest absolute Gasteiger partial charge is 0.264 e. The molecule has 3 aromatic rings. The third-order valence-corrected chi connectivity index (χ3v) is 3.21. The first kappa shape index (κ1) is 14.3. The van der Waals surface area contributed by atoms with Crippen molar-refractivity contribution in [3.8, 4) is 5.75 Å². The average Bonchev–Trinajstić information content (AvgIpc) is 3.01. The van der Waals surface area contributed by atoms with Crippen LogP contribution in [0.2, 0.25) is 0 Å². The maximum Gasteiger partial charge on any atom is 0.264 e. The molecule has 0 bridgehead atoms. The highest BCUT2D eigenvalue weighted by Crippen LogP contribution is 2.19. The molecule has 112 valence electrons. The molecule has 1 N–H and O–H groups in total. The summed E-state index contributed by atoms with van der Waals surface area (Å²) in [7, 11) is 0. The van der Waals surface area contributed by atoms with E-state index in [0.29, 0.717) is 23.9 Å². The van der Waals surface area contributed by atoms with Gasteiger partial charge in [-0.1, -0.05) is 53.7 Å². The van der Waals surface area contributed by atoms with Crippen LogP contribution in [0, 0.1) is 0 Å². The molecule has 0 aliphatic heterocycles. The summed E-state index contributed by atoms with van der Waals surface area (Å²) in [6.07, 6.45) is 0.623. The summed E-state index contributed by atoms with van der Waals surface area (Å²) in [5.74, 6) is 1.66. The summed E-state index contributed by atoms with van der Waals surface area (Å²) in [6.45, 7) is 0.109. The number of aromatic nitrogens is 2. The van der Waals surface area contributed by atoms with E-state index in [0.717, 1.165) is 11.1 Å². The molecule has 0 unspecified atom stereocenters. The molecule has 0 fully saturated rings. The molecule has 1 heterocycles. The van der Waals surface area contributed by atoms with E-state index in [4.69, 9.17) is 9.26 Å². The molecule has 1 aromatic heterocycles. The Morgan fingerprint density at radius 3 is 2.59 bits per heavy atom. The van der Waals surface area contributed by atoms with Gasteiger partial charge in [0.1, 0.15) is 5.75 Å². The first-order valence-electron chi connectivity index (χ1n) is 7.02. The van der Waals surface area contributed by atoms with E-state index in [2.05, 4.69) is 10.1 Å². The normalized spacial score (nSPS) is 10.6. The Morgan fingerprint density at radius 1 is 1.00 bits per heavy atom. The lowest BCUT2D eigenvalue weighted by molar-refractivity contribution is 0.229. The molecule has 0 saturated heterocycles. The fourth-order valence-corrected chi connectivity index (χ4v) is 2.11. The molecule has 0 spiro atoms. The largest absolute Gasteiger partial charge is 0.483 e. The van der Waals surface area contributed by atoms with Crippen molar-refractivity contribution in [3.05, 3.63) is 77.4 Å². The first-order valence-corrected chi connectivity index (χ1v) is 7.02. The van der Waals surface area contributed by atoms with Gasteiger partial charge in [0.2, 0.25) is 0 Å². The number of hydrogen-bond acceptors (Lipinski definition) is 5. The highest BCUT2D eigenvalue weighted by Gasteiger charge is 2.09. The Balaban J connectivity index is 1.62. The number of aliphatic hydroxyl groups is 1. The van der Waals surface area contributed by atoms with E-state index < -0.39 is 0 Å². The van der Waals surface area contributed by atoms with Gasteiger partial charge in [-0.25, -0.2) is 0 Å². The van der Waals surface area contributed by atoms with Crippen molar-refractivity contribution >= 4 is 0 Å². The highest BCUT2D eigenvalue weighted by molar-refractivity contribution is 5.32. The molecule has 5 heteroatoms. The standard InChI is InChI=1S/C17H16N2O3/c20-11-14-8-4-5-9-15(14)21-12-17-18-16(19-22-17)10-13-6-2-1-3-7-13/h1-9,20H,10-12H2. The monoisotopic (exact) mass is 296 g/mol. The van der Waals surface area contributed by atoms with Crippen LogP contribution in [0.5, 0.6) is 5.75 Å². The minimum absolute atomic E-state index is 0.0702. The molecule has 0 atom stereocenters. The van der Waals surface area contributed by atoms with Crippen LogP contribution in [-0.2, 0) is 19.6 Å². The highest BCUT2D eigenvalue weighted by atomic mass is 16.5. The summed E-state index contributed by atoms with van der Waals surface area (Å²) < 4.78 is 10.8. The lowest BCUT2D eigenvalue weighted by Gasteiger charge is -2.07. The van der Waals surface area contributed by atoms with E-state index in [1.165, 1.54) is 0 Å². The maximum atomic E-state index is 9.25. The van der Waals surface area contributed by atoms with E-state index in [1.807, 2.05) is 48.5 Å². The van der Waals surface area contributed by atoms with Crippen LogP contribution < -0.4 is 4.74 Å². The number of benzene rings is 2. The van der Waals surface area contributed by atoms with Gasteiger partial charge in [0.05, 0.1) is 6.61 Å². The Bertz CT molecular complexity index is 726. The quantitative estimate of drug-likeness (QED) is 0.757. The van der Waals surface area contributed by atoms with Crippen LogP contribution in [0.25, 0.3) is 0 Å². The average molecular weight is 296 g/mol. The topological polar surface area (TPSA) is 68.4 Å². The van der Waals surface area contributed by atoms with E-state index in [-0.39, 0.29) is 13.2 Å². The van der Waals surface area contributed by atoms with Crippen molar-refractivity contribution in [1.29, 1.82) is 0 Å². The van der Waals surface area contributed by atoms with Crippen LogP contribution in [0.3, 0.4) is 0 Å². The summed E-state index contributed by atoms with van der Waals surface area (Å²) in [5, 5.41) is 13.2. The van der Waals surface area contributed by atoms with Crippen LogP contribution in [0.4, 0.5) is 0 Å². The first-order chi connectivity index (χ1) is 10.8. The lowest BCUT2D eigenvalue weighted by atomic mass is 10.1. The molecule has 0 aliphatic rings. The zero-order valence-electron chi connectivity index (χ0n) is 12.0. The second-order valence-electron chi connectivity index (χ2n) is 4.82. The lowest BCUT2D eigenvalue weighted by Crippen LogP contribution is -1.99. The van der Waals surface area contributed by atoms with Crippen LogP contribution in [0.15, 0.2) is 59.1 Å².